The number of hydrogen-bond donors (Lipinski definition) is 1. The third kappa shape index (κ3) is 2.64. The second-order valence-corrected chi connectivity index (χ2v) is 5.68. The number of benzene rings is 1. The maximum absolute atomic E-state index is 13.1. The Morgan fingerprint density at radius 1 is 1.38 bits per heavy atom. The highest BCUT2D eigenvalue weighted by atomic mass is 32.2. The number of aliphatic hydroxyl groups is 1. The summed E-state index contributed by atoms with van der Waals surface area (Å²) in [6, 6.07) is 8.49. The minimum Gasteiger partial charge on any atom is -0.389 e. The van der Waals surface area contributed by atoms with E-state index >= 15 is 0 Å². The maximum atomic E-state index is 13.1. The predicted molar refractivity (Wildman–Crippen MR) is 65.5 cm³/mol. The van der Waals surface area contributed by atoms with Crippen LogP contribution in [0.2, 0.25) is 0 Å². The van der Waals surface area contributed by atoms with E-state index in [1.807, 2.05) is 17.5 Å². The molecule has 1 nitrogen and oxygen atoms in total. The maximum Gasteiger partial charge on any atom is 0.123 e. The van der Waals surface area contributed by atoms with Crippen LogP contribution in [-0.4, -0.2) is 5.11 Å². The lowest BCUT2D eigenvalue weighted by Crippen LogP contribution is -1.94. The van der Waals surface area contributed by atoms with Crippen LogP contribution in [0.1, 0.15) is 18.6 Å². The van der Waals surface area contributed by atoms with Gasteiger partial charge in [-0.3, -0.25) is 0 Å². The summed E-state index contributed by atoms with van der Waals surface area (Å²) in [5.41, 5.74) is 0.637. The average molecular weight is 254 g/mol. The van der Waals surface area contributed by atoms with E-state index in [2.05, 4.69) is 0 Å². The van der Waals surface area contributed by atoms with Gasteiger partial charge in [-0.15, -0.1) is 11.3 Å². The first-order chi connectivity index (χ1) is 7.66. The van der Waals surface area contributed by atoms with Gasteiger partial charge in [0.25, 0.3) is 0 Å². The molecule has 2 aromatic rings. The summed E-state index contributed by atoms with van der Waals surface area (Å²) in [5, 5.41) is 11.6. The molecule has 1 N–H and O–H groups in total. The van der Waals surface area contributed by atoms with Gasteiger partial charge in [-0.25, -0.2) is 4.39 Å². The molecule has 0 radical (unpaired) electrons. The van der Waals surface area contributed by atoms with Crippen molar-refractivity contribution in [2.24, 2.45) is 0 Å². The van der Waals surface area contributed by atoms with Gasteiger partial charge in [-0.2, -0.15) is 0 Å². The molecule has 1 aromatic heterocycles. The molecule has 1 atom stereocenters. The Kier molecular flexibility index (Phi) is 3.63. The van der Waals surface area contributed by atoms with Gasteiger partial charge in [0, 0.05) is 4.90 Å². The highest BCUT2D eigenvalue weighted by Gasteiger charge is 2.10. The van der Waals surface area contributed by atoms with Crippen molar-refractivity contribution in [2.45, 2.75) is 22.1 Å². The van der Waals surface area contributed by atoms with Crippen LogP contribution in [0.3, 0.4) is 0 Å². The Morgan fingerprint density at radius 2 is 2.19 bits per heavy atom. The highest BCUT2D eigenvalue weighted by molar-refractivity contribution is 8.01. The third-order valence-corrected chi connectivity index (χ3v) is 4.26. The van der Waals surface area contributed by atoms with Crippen molar-refractivity contribution in [1.82, 2.24) is 0 Å². The lowest BCUT2D eigenvalue weighted by Gasteiger charge is -2.10. The van der Waals surface area contributed by atoms with Gasteiger partial charge in [0.05, 0.1) is 10.3 Å². The topological polar surface area (TPSA) is 20.2 Å². The lowest BCUT2D eigenvalue weighted by atomic mass is 10.1. The normalized spacial score (nSPS) is 12.7. The lowest BCUT2D eigenvalue weighted by molar-refractivity contribution is 0.196. The van der Waals surface area contributed by atoms with Crippen molar-refractivity contribution in [2.75, 3.05) is 0 Å². The summed E-state index contributed by atoms with van der Waals surface area (Å²) >= 11 is 3.18. The minimum atomic E-state index is -0.654. The molecule has 0 aliphatic carbocycles. The van der Waals surface area contributed by atoms with Crippen LogP contribution in [0, 0.1) is 5.82 Å². The number of hydrogen-bond acceptors (Lipinski definition) is 3. The molecular formula is C12H11FOS2. The van der Waals surface area contributed by atoms with Crippen LogP contribution >= 0.6 is 23.1 Å². The summed E-state index contributed by atoms with van der Waals surface area (Å²) in [4.78, 5) is 0.902. The smallest absolute Gasteiger partial charge is 0.123 e. The average Bonchev–Trinajstić information content (AvgIpc) is 2.73. The molecule has 1 unspecified atom stereocenters. The van der Waals surface area contributed by atoms with E-state index < -0.39 is 6.10 Å². The Balaban J connectivity index is 2.33. The van der Waals surface area contributed by atoms with Crippen LogP contribution in [0.15, 0.2) is 44.8 Å². The van der Waals surface area contributed by atoms with Gasteiger partial charge in [0.1, 0.15) is 5.82 Å². The molecule has 1 heterocycles. The Labute approximate surface area is 102 Å². The monoisotopic (exact) mass is 254 g/mol. The summed E-state index contributed by atoms with van der Waals surface area (Å²) in [6.45, 7) is 1.65. The zero-order valence-corrected chi connectivity index (χ0v) is 10.3. The van der Waals surface area contributed by atoms with Gasteiger partial charge in [-0.1, -0.05) is 17.8 Å². The van der Waals surface area contributed by atoms with Crippen molar-refractivity contribution < 1.29 is 9.50 Å². The van der Waals surface area contributed by atoms with Gasteiger partial charge in [0.2, 0.25) is 0 Å². The van der Waals surface area contributed by atoms with Crippen LogP contribution in [0.5, 0.6) is 0 Å². The predicted octanol–water partition coefficient (Wildman–Crippen LogP) is 4.09. The van der Waals surface area contributed by atoms with Crippen molar-refractivity contribution >= 4 is 23.1 Å². The van der Waals surface area contributed by atoms with Gasteiger partial charge < -0.3 is 5.11 Å². The molecule has 0 aliphatic heterocycles. The fraction of sp³-hybridized carbons (Fsp3) is 0.167. The Hall–Kier alpha value is -0.840. The molecule has 4 heteroatoms. The number of thiophene rings is 1. The van der Waals surface area contributed by atoms with Gasteiger partial charge in [0.15, 0.2) is 0 Å². The van der Waals surface area contributed by atoms with E-state index in [1.54, 1.807) is 36.1 Å². The zero-order chi connectivity index (χ0) is 11.5. The van der Waals surface area contributed by atoms with E-state index in [-0.39, 0.29) is 5.82 Å². The molecule has 1 aromatic carbocycles. The molecule has 0 spiro atoms. The second kappa shape index (κ2) is 4.99. The molecule has 0 amide bonds. The molecule has 0 saturated carbocycles. The standard InChI is InChI=1S/C12H11FOS2/c1-8(14)10-7-9(13)4-5-11(10)16-12-3-2-6-15-12/h2-8,14H,1H3. The molecule has 0 bridgehead atoms. The first-order valence-corrected chi connectivity index (χ1v) is 6.55. The van der Waals surface area contributed by atoms with E-state index in [9.17, 15) is 9.50 Å². The Bertz CT molecular complexity index is 466. The van der Waals surface area contributed by atoms with Gasteiger partial charge >= 0.3 is 0 Å². The van der Waals surface area contributed by atoms with Crippen molar-refractivity contribution in [1.29, 1.82) is 0 Å². The fourth-order valence-electron chi connectivity index (χ4n) is 1.37. The van der Waals surface area contributed by atoms with E-state index in [4.69, 9.17) is 0 Å². The van der Waals surface area contributed by atoms with Crippen molar-refractivity contribution in [3.05, 3.63) is 47.1 Å². The largest absolute Gasteiger partial charge is 0.389 e. The summed E-state index contributed by atoms with van der Waals surface area (Å²) in [7, 11) is 0. The summed E-state index contributed by atoms with van der Waals surface area (Å²) < 4.78 is 14.2. The van der Waals surface area contributed by atoms with Crippen molar-refractivity contribution in [3.8, 4) is 0 Å². The molecule has 0 aliphatic rings. The van der Waals surface area contributed by atoms with Crippen LogP contribution < -0.4 is 0 Å². The van der Waals surface area contributed by atoms with Gasteiger partial charge in [-0.05, 0) is 42.1 Å². The molecule has 2 rings (SSSR count). The van der Waals surface area contributed by atoms with Crippen molar-refractivity contribution in [3.63, 3.8) is 0 Å². The highest BCUT2D eigenvalue weighted by Crippen LogP contribution is 2.35. The molecule has 0 fully saturated rings. The Morgan fingerprint density at radius 3 is 2.81 bits per heavy atom. The van der Waals surface area contributed by atoms with E-state index in [1.165, 1.54) is 12.1 Å². The second-order valence-electron chi connectivity index (χ2n) is 3.39. The van der Waals surface area contributed by atoms with E-state index in [0.29, 0.717) is 5.56 Å². The molecule has 16 heavy (non-hydrogen) atoms. The van der Waals surface area contributed by atoms with Crippen LogP contribution in [0.4, 0.5) is 4.39 Å². The SMILES string of the molecule is CC(O)c1cc(F)ccc1Sc1cccs1. The number of rotatable bonds is 3. The minimum absolute atomic E-state index is 0.313. The zero-order valence-electron chi connectivity index (χ0n) is 8.68. The number of halogens is 1. The summed E-state index contributed by atoms with van der Waals surface area (Å²) in [6.07, 6.45) is -0.654. The first kappa shape index (κ1) is 11.6. The quantitative estimate of drug-likeness (QED) is 0.890. The fourth-order valence-corrected chi connectivity index (χ4v) is 3.29. The van der Waals surface area contributed by atoms with Crippen LogP contribution in [-0.2, 0) is 0 Å². The molecule has 0 saturated heterocycles. The summed E-state index contributed by atoms with van der Waals surface area (Å²) in [5.74, 6) is -0.313. The third-order valence-electron chi connectivity index (χ3n) is 2.13. The van der Waals surface area contributed by atoms with E-state index in [0.717, 1.165) is 9.10 Å². The first-order valence-electron chi connectivity index (χ1n) is 4.85. The van der Waals surface area contributed by atoms with Crippen LogP contribution in [0.25, 0.3) is 0 Å². The number of aliphatic hydroxyl groups excluding tert-OH is 1. The molecule has 84 valence electrons. The molecular weight excluding hydrogens is 243 g/mol.